The van der Waals surface area contributed by atoms with Crippen LogP contribution in [0.15, 0.2) is 42.5 Å². The highest BCUT2D eigenvalue weighted by molar-refractivity contribution is 7.23. The quantitative estimate of drug-likeness (QED) is 0.700. The number of rotatable bonds is 4. The van der Waals surface area contributed by atoms with Gasteiger partial charge >= 0.3 is 5.97 Å². The number of nitrogens with zero attached hydrogens (tertiary/aromatic N) is 1. The molecular formula is C19H16FNO4S. The Hall–Kier alpha value is -2.93. The van der Waals surface area contributed by atoms with Gasteiger partial charge in [-0.25, -0.2) is 9.18 Å². The SMILES string of the molecule is COC(=O)c1c(N(Cc2ccc(F)cc2)C(C)=O)sc2cc(O)ccc12. The largest absolute Gasteiger partial charge is 0.508 e. The lowest BCUT2D eigenvalue weighted by Gasteiger charge is -2.20. The first-order chi connectivity index (χ1) is 12.4. The summed E-state index contributed by atoms with van der Waals surface area (Å²) in [4.78, 5) is 26.1. The molecule has 3 rings (SSSR count). The number of hydrogen-bond donors (Lipinski definition) is 1. The molecule has 0 radical (unpaired) electrons. The minimum Gasteiger partial charge on any atom is -0.508 e. The van der Waals surface area contributed by atoms with E-state index in [-0.39, 0.29) is 29.6 Å². The number of benzene rings is 2. The normalized spacial score (nSPS) is 10.7. The zero-order chi connectivity index (χ0) is 18.8. The molecule has 1 amide bonds. The Morgan fingerprint density at radius 2 is 1.88 bits per heavy atom. The molecular weight excluding hydrogens is 357 g/mol. The summed E-state index contributed by atoms with van der Waals surface area (Å²) in [7, 11) is 1.27. The summed E-state index contributed by atoms with van der Waals surface area (Å²) in [5.41, 5.74) is 0.988. The van der Waals surface area contributed by atoms with Gasteiger partial charge in [-0.05, 0) is 35.9 Å². The van der Waals surface area contributed by atoms with Crippen molar-refractivity contribution >= 4 is 38.3 Å². The first-order valence-electron chi connectivity index (χ1n) is 7.77. The third-order valence-corrected chi connectivity index (χ3v) is 5.10. The van der Waals surface area contributed by atoms with Gasteiger partial charge in [-0.1, -0.05) is 12.1 Å². The number of phenolic OH excluding ortho intramolecular Hbond substituents is 1. The van der Waals surface area contributed by atoms with Gasteiger partial charge in [0.2, 0.25) is 5.91 Å². The second-order valence-electron chi connectivity index (χ2n) is 5.69. The Kier molecular flexibility index (Phi) is 4.90. The number of ether oxygens (including phenoxy) is 1. The van der Waals surface area contributed by atoms with E-state index in [4.69, 9.17) is 4.74 Å². The number of methoxy groups -OCH3 is 1. The summed E-state index contributed by atoms with van der Waals surface area (Å²) >= 11 is 1.21. The van der Waals surface area contributed by atoms with Crippen LogP contribution in [-0.2, 0) is 16.1 Å². The molecule has 0 aliphatic heterocycles. The highest BCUT2D eigenvalue weighted by atomic mass is 32.1. The van der Waals surface area contributed by atoms with Crippen LogP contribution >= 0.6 is 11.3 Å². The number of amides is 1. The molecule has 2 aromatic carbocycles. The second kappa shape index (κ2) is 7.13. The van der Waals surface area contributed by atoms with Crippen LogP contribution in [0.5, 0.6) is 5.75 Å². The molecule has 3 aromatic rings. The molecule has 26 heavy (non-hydrogen) atoms. The lowest BCUT2D eigenvalue weighted by atomic mass is 10.1. The zero-order valence-corrected chi connectivity index (χ0v) is 15.0. The highest BCUT2D eigenvalue weighted by Gasteiger charge is 2.26. The van der Waals surface area contributed by atoms with Gasteiger partial charge < -0.3 is 9.84 Å². The van der Waals surface area contributed by atoms with E-state index >= 15 is 0 Å². The average Bonchev–Trinajstić information content (AvgIpc) is 2.98. The minimum absolute atomic E-state index is 0.0645. The topological polar surface area (TPSA) is 66.8 Å². The molecule has 0 spiro atoms. The van der Waals surface area contributed by atoms with E-state index in [1.54, 1.807) is 18.2 Å². The number of phenols is 1. The van der Waals surface area contributed by atoms with Crippen molar-refractivity contribution in [1.82, 2.24) is 0 Å². The molecule has 0 unspecified atom stereocenters. The first-order valence-corrected chi connectivity index (χ1v) is 8.58. The number of carbonyl (C=O) groups is 2. The molecule has 0 fully saturated rings. The summed E-state index contributed by atoms with van der Waals surface area (Å²) in [5, 5.41) is 10.7. The summed E-state index contributed by atoms with van der Waals surface area (Å²) in [5.74, 6) is -1.14. The number of aromatic hydroxyl groups is 1. The van der Waals surface area contributed by atoms with Crippen molar-refractivity contribution in [3.05, 3.63) is 59.4 Å². The number of anilines is 1. The molecule has 1 heterocycles. The maximum Gasteiger partial charge on any atom is 0.341 e. The van der Waals surface area contributed by atoms with Crippen LogP contribution in [0.2, 0.25) is 0 Å². The third-order valence-electron chi connectivity index (χ3n) is 3.92. The molecule has 134 valence electrons. The van der Waals surface area contributed by atoms with Gasteiger partial charge in [0.1, 0.15) is 22.1 Å². The Balaban J connectivity index is 2.13. The summed E-state index contributed by atoms with van der Waals surface area (Å²) in [6.07, 6.45) is 0. The summed E-state index contributed by atoms with van der Waals surface area (Å²) in [6.45, 7) is 1.57. The van der Waals surface area contributed by atoms with Crippen molar-refractivity contribution in [3.63, 3.8) is 0 Å². The van der Waals surface area contributed by atoms with E-state index in [2.05, 4.69) is 0 Å². The summed E-state index contributed by atoms with van der Waals surface area (Å²) in [6, 6.07) is 10.4. The highest BCUT2D eigenvalue weighted by Crippen LogP contribution is 2.40. The Bertz CT molecular complexity index is 981. The van der Waals surface area contributed by atoms with Gasteiger partial charge in [0, 0.05) is 17.0 Å². The van der Waals surface area contributed by atoms with Crippen molar-refractivity contribution in [3.8, 4) is 5.75 Å². The predicted octanol–water partition coefficient (Wildman–Crippen LogP) is 4.09. The third kappa shape index (κ3) is 3.39. The van der Waals surface area contributed by atoms with E-state index in [0.717, 1.165) is 5.56 Å². The molecule has 0 aliphatic carbocycles. The van der Waals surface area contributed by atoms with Crippen LogP contribution < -0.4 is 4.90 Å². The smallest absolute Gasteiger partial charge is 0.341 e. The van der Waals surface area contributed by atoms with E-state index in [1.807, 2.05) is 0 Å². The molecule has 1 N–H and O–H groups in total. The summed E-state index contributed by atoms with van der Waals surface area (Å²) < 4.78 is 18.7. The molecule has 7 heteroatoms. The van der Waals surface area contributed by atoms with Crippen LogP contribution in [0, 0.1) is 5.82 Å². The standard InChI is InChI=1S/C19H16FNO4S/c1-11(22)21(10-12-3-5-13(20)6-4-12)18-17(19(24)25-2)15-8-7-14(23)9-16(15)26-18/h3-9,23H,10H2,1-2H3. The number of fused-ring (bicyclic) bond motifs is 1. The first kappa shape index (κ1) is 17.9. The van der Waals surface area contributed by atoms with Gasteiger partial charge in [0.15, 0.2) is 0 Å². The van der Waals surface area contributed by atoms with Crippen molar-refractivity contribution < 1.29 is 23.8 Å². The van der Waals surface area contributed by atoms with Gasteiger partial charge in [0.25, 0.3) is 0 Å². The molecule has 0 bridgehead atoms. The molecule has 0 saturated carbocycles. The molecule has 5 nitrogen and oxygen atoms in total. The fourth-order valence-electron chi connectivity index (χ4n) is 2.66. The Labute approximate surface area is 153 Å². The van der Waals surface area contributed by atoms with E-state index in [1.165, 1.54) is 54.5 Å². The van der Waals surface area contributed by atoms with Gasteiger partial charge in [-0.2, -0.15) is 0 Å². The van der Waals surface area contributed by atoms with E-state index in [0.29, 0.717) is 15.1 Å². The van der Waals surface area contributed by atoms with Crippen molar-refractivity contribution in [1.29, 1.82) is 0 Å². The molecule has 0 atom stereocenters. The van der Waals surface area contributed by atoms with Gasteiger partial charge in [-0.15, -0.1) is 11.3 Å². The van der Waals surface area contributed by atoms with Crippen LogP contribution in [0.1, 0.15) is 22.8 Å². The maximum atomic E-state index is 13.1. The van der Waals surface area contributed by atoms with E-state index < -0.39 is 5.97 Å². The van der Waals surface area contributed by atoms with Gasteiger partial charge in [-0.3, -0.25) is 9.69 Å². The lowest BCUT2D eigenvalue weighted by molar-refractivity contribution is -0.116. The second-order valence-corrected chi connectivity index (χ2v) is 6.72. The minimum atomic E-state index is -0.567. The van der Waals surface area contributed by atoms with Crippen LogP contribution in [0.3, 0.4) is 0 Å². The number of esters is 1. The van der Waals surface area contributed by atoms with Crippen molar-refractivity contribution in [2.75, 3.05) is 12.0 Å². The Morgan fingerprint density at radius 1 is 1.19 bits per heavy atom. The number of hydrogen-bond acceptors (Lipinski definition) is 5. The monoisotopic (exact) mass is 373 g/mol. The van der Waals surface area contributed by atoms with Gasteiger partial charge in [0.05, 0.1) is 13.7 Å². The van der Waals surface area contributed by atoms with Crippen LogP contribution in [0.25, 0.3) is 10.1 Å². The number of thiophene rings is 1. The number of halogens is 1. The van der Waals surface area contributed by atoms with E-state index in [9.17, 15) is 19.1 Å². The lowest BCUT2D eigenvalue weighted by Crippen LogP contribution is -2.28. The Morgan fingerprint density at radius 3 is 2.50 bits per heavy atom. The van der Waals surface area contributed by atoms with Crippen LogP contribution in [0.4, 0.5) is 9.39 Å². The molecule has 0 saturated heterocycles. The fourth-order valence-corrected chi connectivity index (χ4v) is 3.93. The maximum absolute atomic E-state index is 13.1. The van der Waals surface area contributed by atoms with Crippen LogP contribution in [-0.4, -0.2) is 24.1 Å². The van der Waals surface area contributed by atoms with Crippen molar-refractivity contribution in [2.24, 2.45) is 0 Å². The zero-order valence-electron chi connectivity index (χ0n) is 14.2. The fraction of sp³-hybridized carbons (Fsp3) is 0.158. The average molecular weight is 373 g/mol. The molecule has 0 aliphatic rings. The predicted molar refractivity (Wildman–Crippen MR) is 98.1 cm³/mol. The van der Waals surface area contributed by atoms with Crippen molar-refractivity contribution in [2.45, 2.75) is 13.5 Å². The number of carbonyl (C=O) groups excluding carboxylic acids is 2. The molecule has 1 aromatic heterocycles.